The van der Waals surface area contributed by atoms with Crippen molar-refractivity contribution in [1.82, 2.24) is 5.32 Å². The molecule has 0 aromatic heterocycles. The van der Waals surface area contributed by atoms with Gasteiger partial charge in [0.05, 0.1) is 0 Å². The number of hydrogen-bond donors (Lipinski definition) is 4. The Morgan fingerprint density at radius 2 is 2.00 bits per heavy atom. The minimum absolute atomic E-state index is 0.118. The fourth-order valence-corrected chi connectivity index (χ4v) is 1.94. The van der Waals surface area contributed by atoms with Gasteiger partial charge in [0.15, 0.2) is 0 Å². The van der Waals surface area contributed by atoms with Crippen LogP contribution in [0.5, 0.6) is 0 Å². The van der Waals surface area contributed by atoms with Crippen molar-refractivity contribution in [2.45, 2.75) is 24.9 Å². The third-order valence-corrected chi connectivity index (χ3v) is 2.99. The van der Waals surface area contributed by atoms with Crippen LogP contribution >= 0.6 is 11.6 Å². The van der Waals surface area contributed by atoms with Crippen LogP contribution in [-0.2, 0) is 11.2 Å². The van der Waals surface area contributed by atoms with E-state index in [0.717, 1.165) is 5.56 Å². The molecule has 0 aliphatic heterocycles. The highest BCUT2D eigenvalue weighted by Gasteiger charge is 2.21. The Hall–Kier alpha value is -1.79. The standard InChI is InChI=1S/C12H16ClN3O3/c13-9-4-2-1-3-7(9)5-8(14)6-10(11(15)17)16-12(18)19/h1-4,8,10,16H,5-6,14H2,(H2,15,17)(H,18,19). The van der Waals surface area contributed by atoms with E-state index in [0.29, 0.717) is 11.4 Å². The minimum Gasteiger partial charge on any atom is -0.465 e. The van der Waals surface area contributed by atoms with Crippen LogP contribution in [0.25, 0.3) is 0 Å². The van der Waals surface area contributed by atoms with Gasteiger partial charge in [-0.2, -0.15) is 0 Å². The lowest BCUT2D eigenvalue weighted by Crippen LogP contribution is -2.47. The van der Waals surface area contributed by atoms with Gasteiger partial charge in [-0.1, -0.05) is 29.8 Å². The van der Waals surface area contributed by atoms with Crippen molar-refractivity contribution in [2.24, 2.45) is 11.5 Å². The largest absolute Gasteiger partial charge is 0.465 e. The lowest BCUT2D eigenvalue weighted by atomic mass is 10.00. The fraction of sp³-hybridized carbons (Fsp3) is 0.333. The maximum absolute atomic E-state index is 11.1. The van der Waals surface area contributed by atoms with Crippen LogP contribution in [-0.4, -0.2) is 29.2 Å². The summed E-state index contributed by atoms with van der Waals surface area (Å²) in [6.07, 6.45) is -0.758. The second kappa shape index (κ2) is 6.96. The molecule has 0 aliphatic rings. The lowest BCUT2D eigenvalue weighted by molar-refractivity contribution is -0.120. The quantitative estimate of drug-likeness (QED) is 0.616. The summed E-state index contributed by atoms with van der Waals surface area (Å²) in [4.78, 5) is 21.6. The first-order valence-corrected chi connectivity index (χ1v) is 6.05. The molecular weight excluding hydrogens is 270 g/mol. The average molecular weight is 286 g/mol. The van der Waals surface area contributed by atoms with E-state index in [9.17, 15) is 9.59 Å². The van der Waals surface area contributed by atoms with Crippen LogP contribution in [0.3, 0.4) is 0 Å². The highest BCUT2D eigenvalue weighted by molar-refractivity contribution is 6.31. The normalized spacial score (nSPS) is 13.6. The maximum Gasteiger partial charge on any atom is 0.405 e. The summed E-state index contributed by atoms with van der Waals surface area (Å²) in [5, 5.41) is 11.2. The fourth-order valence-electron chi connectivity index (χ4n) is 1.73. The SMILES string of the molecule is NC(=O)C(CC(N)Cc1ccccc1Cl)NC(=O)O. The number of benzene rings is 1. The predicted molar refractivity (Wildman–Crippen MR) is 71.9 cm³/mol. The highest BCUT2D eigenvalue weighted by Crippen LogP contribution is 2.17. The Labute approximate surface area is 115 Å². The molecule has 0 saturated carbocycles. The van der Waals surface area contributed by atoms with Crippen molar-refractivity contribution in [3.05, 3.63) is 34.9 Å². The van der Waals surface area contributed by atoms with Crippen LogP contribution in [0.15, 0.2) is 24.3 Å². The molecule has 0 spiro atoms. The number of nitrogens with two attached hydrogens (primary N) is 2. The number of rotatable bonds is 6. The Kier molecular flexibility index (Phi) is 5.59. The number of nitrogens with one attached hydrogen (secondary N) is 1. The number of carbonyl (C=O) groups excluding carboxylic acids is 1. The Bertz CT molecular complexity index is 467. The molecule has 19 heavy (non-hydrogen) atoms. The monoisotopic (exact) mass is 285 g/mol. The number of primary amides is 1. The zero-order valence-corrected chi connectivity index (χ0v) is 10.9. The summed E-state index contributed by atoms with van der Waals surface area (Å²) in [5.41, 5.74) is 11.8. The van der Waals surface area contributed by atoms with Gasteiger partial charge in [-0.05, 0) is 24.5 Å². The number of carbonyl (C=O) groups is 2. The molecule has 1 aromatic rings. The van der Waals surface area contributed by atoms with Crippen molar-refractivity contribution >= 4 is 23.6 Å². The second-order valence-corrected chi connectivity index (χ2v) is 4.60. The average Bonchev–Trinajstić information content (AvgIpc) is 2.30. The Balaban J connectivity index is 2.62. The molecule has 2 amide bonds. The van der Waals surface area contributed by atoms with E-state index in [1.807, 2.05) is 17.4 Å². The zero-order valence-electron chi connectivity index (χ0n) is 10.2. The molecular formula is C12H16ClN3O3. The van der Waals surface area contributed by atoms with Gasteiger partial charge >= 0.3 is 6.09 Å². The molecule has 0 heterocycles. The topological polar surface area (TPSA) is 118 Å². The van der Waals surface area contributed by atoms with E-state index in [-0.39, 0.29) is 6.42 Å². The van der Waals surface area contributed by atoms with Gasteiger partial charge in [-0.15, -0.1) is 0 Å². The first kappa shape index (κ1) is 15.3. The van der Waals surface area contributed by atoms with Gasteiger partial charge in [0.2, 0.25) is 5.91 Å². The molecule has 2 atom stereocenters. The molecule has 2 unspecified atom stereocenters. The van der Waals surface area contributed by atoms with Crippen molar-refractivity contribution in [3.63, 3.8) is 0 Å². The molecule has 6 N–H and O–H groups in total. The predicted octanol–water partition coefficient (Wildman–Crippen LogP) is 0.721. The van der Waals surface area contributed by atoms with Gasteiger partial charge in [0, 0.05) is 11.1 Å². The second-order valence-electron chi connectivity index (χ2n) is 4.20. The number of halogens is 1. The first-order chi connectivity index (χ1) is 8.90. The Morgan fingerprint density at radius 1 is 1.37 bits per heavy atom. The third kappa shape index (κ3) is 5.15. The summed E-state index contributed by atoms with van der Waals surface area (Å²) in [5.74, 6) is -0.753. The number of hydrogen-bond acceptors (Lipinski definition) is 3. The molecule has 0 fully saturated rings. The van der Waals surface area contributed by atoms with E-state index >= 15 is 0 Å². The van der Waals surface area contributed by atoms with Crippen molar-refractivity contribution in [2.75, 3.05) is 0 Å². The van der Waals surface area contributed by atoms with Gasteiger partial charge in [0.1, 0.15) is 6.04 Å². The van der Waals surface area contributed by atoms with E-state index in [1.54, 1.807) is 12.1 Å². The highest BCUT2D eigenvalue weighted by atomic mass is 35.5. The number of amides is 2. The van der Waals surface area contributed by atoms with E-state index in [4.69, 9.17) is 28.2 Å². The van der Waals surface area contributed by atoms with Crippen molar-refractivity contribution in [1.29, 1.82) is 0 Å². The molecule has 0 saturated heterocycles. The first-order valence-electron chi connectivity index (χ1n) is 5.68. The maximum atomic E-state index is 11.1. The molecule has 1 rings (SSSR count). The van der Waals surface area contributed by atoms with Crippen LogP contribution in [0, 0.1) is 0 Å². The van der Waals surface area contributed by atoms with Crippen molar-refractivity contribution in [3.8, 4) is 0 Å². The summed E-state index contributed by atoms with van der Waals surface area (Å²) >= 11 is 5.99. The van der Waals surface area contributed by atoms with Crippen LogP contribution in [0.1, 0.15) is 12.0 Å². The van der Waals surface area contributed by atoms with E-state index in [2.05, 4.69) is 0 Å². The van der Waals surface area contributed by atoms with Crippen LogP contribution in [0.2, 0.25) is 5.02 Å². The zero-order chi connectivity index (χ0) is 14.4. The summed E-state index contributed by atoms with van der Waals surface area (Å²) in [6.45, 7) is 0. The van der Waals surface area contributed by atoms with E-state index < -0.39 is 24.1 Å². The third-order valence-electron chi connectivity index (χ3n) is 2.62. The van der Waals surface area contributed by atoms with Crippen LogP contribution in [0.4, 0.5) is 4.79 Å². The molecule has 7 heteroatoms. The van der Waals surface area contributed by atoms with Gasteiger partial charge in [0.25, 0.3) is 0 Å². The molecule has 104 valence electrons. The Morgan fingerprint density at radius 3 is 2.53 bits per heavy atom. The van der Waals surface area contributed by atoms with Crippen LogP contribution < -0.4 is 16.8 Å². The van der Waals surface area contributed by atoms with Gasteiger partial charge in [-0.3, -0.25) is 4.79 Å². The lowest BCUT2D eigenvalue weighted by Gasteiger charge is -2.18. The van der Waals surface area contributed by atoms with E-state index in [1.165, 1.54) is 0 Å². The molecule has 6 nitrogen and oxygen atoms in total. The van der Waals surface area contributed by atoms with Gasteiger partial charge < -0.3 is 21.9 Å². The smallest absolute Gasteiger partial charge is 0.405 e. The molecule has 0 bridgehead atoms. The minimum atomic E-state index is -1.31. The molecule has 1 aromatic carbocycles. The van der Waals surface area contributed by atoms with Crippen molar-refractivity contribution < 1.29 is 14.7 Å². The summed E-state index contributed by atoms with van der Waals surface area (Å²) < 4.78 is 0. The number of carboxylic acid groups (broad SMARTS) is 1. The van der Waals surface area contributed by atoms with Gasteiger partial charge in [-0.25, -0.2) is 4.79 Å². The summed E-state index contributed by atoms with van der Waals surface area (Å²) in [6, 6.07) is 5.76. The summed E-state index contributed by atoms with van der Waals surface area (Å²) in [7, 11) is 0. The molecule has 0 aliphatic carbocycles. The molecule has 0 radical (unpaired) electrons.